The van der Waals surface area contributed by atoms with Gasteiger partial charge in [-0.05, 0) is 32.1 Å². The summed E-state index contributed by atoms with van der Waals surface area (Å²) in [6.45, 7) is 1.88. The van der Waals surface area contributed by atoms with Gasteiger partial charge in [0.2, 0.25) is 0 Å². The number of nitrogens with two attached hydrogens (primary N) is 1. The molecule has 0 radical (unpaired) electrons. The van der Waals surface area contributed by atoms with Crippen molar-refractivity contribution in [1.29, 1.82) is 0 Å². The Kier molecular flexibility index (Phi) is 8.13. The Morgan fingerprint density at radius 2 is 1.90 bits per heavy atom. The molecule has 1 heterocycles. The van der Waals surface area contributed by atoms with Crippen molar-refractivity contribution < 1.29 is 9.84 Å². The first-order chi connectivity index (χ1) is 9.18. The number of guanidine groups is 1. The number of aliphatic hydroxyl groups is 1. The van der Waals surface area contributed by atoms with Gasteiger partial charge in [0, 0.05) is 25.8 Å². The van der Waals surface area contributed by atoms with Crippen LogP contribution in [0.5, 0.6) is 0 Å². The molecule has 0 spiro atoms. The summed E-state index contributed by atoms with van der Waals surface area (Å²) in [4.78, 5) is 4.34. The molecule has 20 heavy (non-hydrogen) atoms. The molecule has 1 aliphatic carbocycles. The summed E-state index contributed by atoms with van der Waals surface area (Å²) in [6, 6.07) is 0.490. The van der Waals surface area contributed by atoms with Crippen LogP contribution >= 0.6 is 24.0 Å². The lowest BCUT2D eigenvalue weighted by atomic mass is 9.91. The highest BCUT2D eigenvalue weighted by atomic mass is 127. The summed E-state index contributed by atoms with van der Waals surface area (Å²) >= 11 is 0. The molecular formula is C14H28IN3O2. The summed E-state index contributed by atoms with van der Waals surface area (Å²) in [6.07, 6.45) is 8.37. The number of nitrogens with zero attached hydrogens (tertiary/aromatic N) is 1. The second-order valence-electron chi connectivity index (χ2n) is 5.83. The fourth-order valence-corrected chi connectivity index (χ4v) is 2.89. The van der Waals surface area contributed by atoms with E-state index in [4.69, 9.17) is 10.5 Å². The predicted molar refractivity (Wildman–Crippen MR) is 91.5 cm³/mol. The third-order valence-electron chi connectivity index (χ3n) is 4.24. The van der Waals surface area contributed by atoms with E-state index in [0.717, 1.165) is 0 Å². The largest absolute Gasteiger partial charge is 0.390 e. The first-order valence-electron chi connectivity index (χ1n) is 7.55. The molecule has 0 atom stereocenters. The Balaban J connectivity index is 0.00000200. The molecule has 0 unspecified atom stereocenters. The van der Waals surface area contributed by atoms with Crippen molar-refractivity contribution in [2.24, 2.45) is 10.7 Å². The van der Waals surface area contributed by atoms with Crippen LogP contribution in [0.2, 0.25) is 0 Å². The molecule has 0 bridgehead atoms. The Hall–Kier alpha value is -0.0800. The average molecular weight is 397 g/mol. The van der Waals surface area contributed by atoms with Crippen LogP contribution in [0.3, 0.4) is 0 Å². The van der Waals surface area contributed by atoms with Crippen molar-refractivity contribution in [3.8, 4) is 0 Å². The predicted octanol–water partition coefficient (Wildman–Crippen LogP) is 1.77. The molecule has 0 aromatic carbocycles. The van der Waals surface area contributed by atoms with Crippen LogP contribution in [-0.4, -0.2) is 42.5 Å². The van der Waals surface area contributed by atoms with Crippen LogP contribution in [0.15, 0.2) is 4.99 Å². The maximum absolute atomic E-state index is 10.3. The van der Waals surface area contributed by atoms with Crippen molar-refractivity contribution in [2.45, 2.75) is 63.0 Å². The Bertz CT molecular complexity index is 301. The molecule has 2 fully saturated rings. The van der Waals surface area contributed by atoms with Gasteiger partial charge in [0.1, 0.15) is 0 Å². The van der Waals surface area contributed by atoms with E-state index in [2.05, 4.69) is 10.3 Å². The molecule has 2 aliphatic rings. The van der Waals surface area contributed by atoms with E-state index in [1.165, 1.54) is 32.1 Å². The molecule has 0 amide bonds. The summed E-state index contributed by atoms with van der Waals surface area (Å²) in [5, 5.41) is 13.6. The van der Waals surface area contributed by atoms with E-state index < -0.39 is 5.60 Å². The Morgan fingerprint density at radius 1 is 1.25 bits per heavy atom. The zero-order valence-electron chi connectivity index (χ0n) is 12.1. The Morgan fingerprint density at radius 3 is 2.55 bits per heavy atom. The zero-order valence-corrected chi connectivity index (χ0v) is 14.5. The van der Waals surface area contributed by atoms with Gasteiger partial charge in [0.15, 0.2) is 5.96 Å². The summed E-state index contributed by atoms with van der Waals surface area (Å²) in [5.41, 5.74) is 5.29. The lowest BCUT2D eigenvalue weighted by molar-refractivity contribution is -0.0662. The highest BCUT2D eigenvalue weighted by Gasteiger charge is 2.29. The highest BCUT2D eigenvalue weighted by molar-refractivity contribution is 14.0. The maximum Gasteiger partial charge on any atom is 0.188 e. The fraction of sp³-hybridized carbons (Fsp3) is 0.929. The summed E-state index contributed by atoms with van der Waals surface area (Å²) < 4.78 is 5.26. The second kappa shape index (κ2) is 9.04. The van der Waals surface area contributed by atoms with Gasteiger partial charge in [-0.25, -0.2) is 0 Å². The van der Waals surface area contributed by atoms with Gasteiger partial charge in [-0.3, -0.25) is 4.99 Å². The van der Waals surface area contributed by atoms with Crippen LogP contribution in [0.1, 0.15) is 51.4 Å². The maximum atomic E-state index is 10.3. The van der Waals surface area contributed by atoms with Gasteiger partial charge >= 0.3 is 0 Å². The summed E-state index contributed by atoms with van der Waals surface area (Å²) in [5.74, 6) is 0.530. The van der Waals surface area contributed by atoms with Crippen molar-refractivity contribution in [1.82, 2.24) is 5.32 Å². The first kappa shape index (κ1) is 18.0. The number of rotatable bonds is 4. The third kappa shape index (κ3) is 6.13. The van der Waals surface area contributed by atoms with Gasteiger partial charge in [-0.1, -0.05) is 19.3 Å². The molecule has 0 aromatic heterocycles. The fourth-order valence-electron chi connectivity index (χ4n) is 2.89. The van der Waals surface area contributed by atoms with Gasteiger partial charge in [-0.15, -0.1) is 24.0 Å². The second-order valence-corrected chi connectivity index (χ2v) is 5.83. The van der Waals surface area contributed by atoms with E-state index >= 15 is 0 Å². The number of halogens is 1. The molecule has 5 nitrogen and oxygen atoms in total. The van der Waals surface area contributed by atoms with Crippen LogP contribution in [0.4, 0.5) is 0 Å². The highest BCUT2D eigenvalue weighted by Crippen LogP contribution is 2.24. The molecule has 1 saturated heterocycles. The van der Waals surface area contributed by atoms with Crippen LogP contribution in [-0.2, 0) is 4.74 Å². The van der Waals surface area contributed by atoms with Crippen molar-refractivity contribution in [3.63, 3.8) is 0 Å². The standard InChI is InChI=1S/C14H27N3O2.HI/c15-13(17-12-4-2-1-3-5-12)16-9-6-14(18)7-10-19-11-8-14;/h12,18H,1-11H2,(H3,15,16,17);1H. The number of ether oxygens (including phenoxy) is 1. The van der Waals surface area contributed by atoms with Gasteiger partial charge in [-0.2, -0.15) is 0 Å². The average Bonchev–Trinajstić information content (AvgIpc) is 2.40. The van der Waals surface area contributed by atoms with E-state index in [9.17, 15) is 5.11 Å². The van der Waals surface area contributed by atoms with E-state index in [1.807, 2.05) is 0 Å². The zero-order chi connectivity index (χ0) is 13.6. The van der Waals surface area contributed by atoms with Gasteiger partial charge in [0.25, 0.3) is 0 Å². The van der Waals surface area contributed by atoms with Crippen molar-refractivity contribution in [3.05, 3.63) is 0 Å². The monoisotopic (exact) mass is 397 g/mol. The van der Waals surface area contributed by atoms with Crippen LogP contribution in [0.25, 0.3) is 0 Å². The molecular weight excluding hydrogens is 369 g/mol. The quantitative estimate of drug-likeness (QED) is 0.384. The number of aliphatic imine (C=N–C) groups is 1. The topological polar surface area (TPSA) is 79.9 Å². The number of hydrogen-bond donors (Lipinski definition) is 3. The lowest BCUT2D eigenvalue weighted by Gasteiger charge is -2.31. The minimum Gasteiger partial charge on any atom is -0.390 e. The minimum absolute atomic E-state index is 0. The lowest BCUT2D eigenvalue weighted by Crippen LogP contribution is -2.41. The van der Waals surface area contributed by atoms with Crippen molar-refractivity contribution >= 4 is 29.9 Å². The van der Waals surface area contributed by atoms with Gasteiger partial charge < -0.3 is 20.9 Å². The van der Waals surface area contributed by atoms with Gasteiger partial charge in [0.05, 0.1) is 5.60 Å². The molecule has 2 rings (SSSR count). The van der Waals surface area contributed by atoms with E-state index in [-0.39, 0.29) is 24.0 Å². The molecule has 1 saturated carbocycles. The number of hydrogen-bond acceptors (Lipinski definition) is 3. The van der Waals surface area contributed by atoms with E-state index in [1.54, 1.807) is 0 Å². The summed E-state index contributed by atoms with van der Waals surface area (Å²) in [7, 11) is 0. The van der Waals surface area contributed by atoms with Crippen molar-refractivity contribution in [2.75, 3.05) is 19.8 Å². The number of nitrogens with one attached hydrogen (secondary N) is 1. The SMILES string of the molecule is I.NC(=NCCC1(O)CCOCC1)NC1CCCCC1. The third-order valence-corrected chi connectivity index (χ3v) is 4.24. The molecule has 6 heteroatoms. The molecule has 118 valence electrons. The van der Waals surface area contributed by atoms with Crippen LogP contribution < -0.4 is 11.1 Å². The van der Waals surface area contributed by atoms with Crippen LogP contribution in [0, 0.1) is 0 Å². The van der Waals surface area contributed by atoms with E-state index in [0.29, 0.717) is 51.0 Å². The molecule has 1 aliphatic heterocycles. The minimum atomic E-state index is -0.604. The molecule has 4 N–H and O–H groups in total. The Labute approximate surface area is 138 Å². The molecule has 0 aromatic rings. The normalized spacial score (nSPS) is 23.9. The first-order valence-corrected chi connectivity index (χ1v) is 7.55. The smallest absolute Gasteiger partial charge is 0.188 e.